The van der Waals surface area contributed by atoms with Gasteiger partial charge in [0.25, 0.3) is 0 Å². The summed E-state index contributed by atoms with van der Waals surface area (Å²) in [7, 11) is 0. The van der Waals surface area contributed by atoms with Crippen LogP contribution in [-0.2, 0) is 9.53 Å². The lowest BCUT2D eigenvalue weighted by Crippen LogP contribution is -2.83. The molecule has 2 aromatic carbocycles. The molecule has 0 fully saturated rings. The summed E-state index contributed by atoms with van der Waals surface area (Å²) in [5.41, 5.74) is 0.139. The fourth-order valence-corrected chi connectivity index (χ4v) is 2.32. The lowest BCUT2D eigenvalue weighted by Gasteiger charge is -2.17. The molecule has 7 heteroatoms. The van der Waals surface area contributed by atoms with Gasteiger partial charge in [0.2, 0.25) is 0 Å². The number of carbonyl (C=O) groups is 2. The molecule has 0 aliphatic carbocycles. The fourth-order valence-electron chi connectivity index (χ4n) is 2.16. The standard InChI is InChI=1S/C18H19Br2NO4/c1-17(2,3)25-16(23)21-13-9-10-14(24-15(22)18(4,19)20)12-8-6-5-7-11(12)13/h5-10H,1-4H3,(H,21,23)/p+1. The van der Waals surface area contributed by atoms with Crippen molar-refractivity contribution in [3.8, 4) is 5.75 Å². The van der Waals surface area contributed by atoms with Gasteiger partial charge in [-0.2, -0.15) is 4.79 Å². The van der Waals surface area contributed by atoms with Crippen molar-refractivity contribution in [3.63, 3.8) is 0 Å². The number of hydrogen-bond donors (Lipinski definition) is 1. The topological polar surface area (TPSA) is 69.2 Å². The Bertz CT molecular complexity index is 807. The molecule has 134 valence electrons. The van der Waals surface area contributed by atoms with Crippen molar-refractivity contribution in [2.24, 2.45) is 0 Å². The Labute approximate surface area is 163 Å². The second kappa shape index (κ2) is 7.43. The maximum atomic E-state index is 12.1. The van der Waals surface area contributed by atoms with E-state index >= 15 is 0 Å². The van der Waals surface area contributed by atoms with Gasteiger partial charge in [-0.05, 0) is 39.8 Å². The van der Waals surface area contributed by atoms with Gasteiger partial charge >= 0.3 is 12.1 Å². The summed E-state index contributed by atoms with van der Waals surface area (Å²) < 4.78 is 9.84. The molecule has 0 aromatic heterocycles. The Kier molecular flexibility index (Phi) is 5.91. The van der Waals surface area contributed by atoms with Gasteiger partial charge < -0.3 is 9.47 Å². The second-order valence-electron chi connectivity index (χ2n) is 6.65. The zero-order chi connectivity index (χ0) is 18.8. The van der Waals surface area contributed by atoms with Crippen molar-refractivity contribution in [1.82, 2.24) is 0 Å². The Morgan fingerprint density at radius 3 is 2.12 bits per heavy atom. The van der Waals surface area contributed by atoms with Gasteiger partial charge in [-0.15, -0.1) is 0 Å². The van der Waals surface area contributed by atoms with Crippen LogP contribution in [0.5, 0.6) is 5.75 Å². The van der Waals surface area contributed by atoms with Crippen LogP contribution in [0.25, 0.3) is 10.8 Å². The molecular formula is C18H20Br2NO4+. The van der Waals surface area contributed by atoms with E-state index in [0.717, 1.165) is 10.8 Å². The minimum Gasteiger partial charge on any atom is -0.424 e. The highest BCUT2D eigenvalue weighted by molar-refractivity contribution is 9.25. The number of quaternary nitrogens is 1. The molecule has 0 aliphatic rings. The molecule has 0 atom stereocenters. The molecule has 0 heterocycles. The average molecular weight is 474 g/mol. The lowest BCUT2D eigenvalue weighted by molar-refractivity contribution is -0.484. The van der Waals surface area contributed by atoms with E-state index in [1.165, 1.54) is 5.32 Å². The predicted molar refractivity (Wildman–Crippen MR) is 104 cm³/mol. The summed E-state index contributed by atoms with van der Waals surface area (Å²) in [4.78, 5) is 24.2. The van der Waals surface area contributed by atoms with Crippen molar-refractivity contribution >= 4 is 60.4 Å². The fraction of sp³-hybridized carbons (Fsp3) is 0.333. The van der Waals surface area contributed by atoms with E-state index in [0.29, 0.717) is 11.4 Å². The number of fused-ring (bicyclic) bond motifs is 1. The Balaban J connectivity index is 2.35. The van der Waals surface area contributed by atoms with E-state index in [2.05, 4.69) is 31.9 Å². The molecule has 1 amide bonds. The highest BCUT2D eigenvalue weighted by atomic mass is 79.9. The number of rotatable bonds is 3. The molecule has 0 saturated carbocycles. The van der Waals surface area contributed by atoms with Crippen molar-refractivity contribution < 1.29 is 24.4 Å². The van der Waals surface area contributed by atoms with Gasteiger partial charge in [-0.25, -0.2) is 10.1 Å². The van der Waals surface area contributed by atoms with Gasteiger partial charge in [0, 0.05) is 16.8 Å². The van der Waals surface area contributed by atoms with Crippen LogP contribution in [0.15, 0.2) is 36.4 Å². The molecule has 2 N–H and O–H groups in total. The van der Waals surface area contributed by atoms with Crippen molar-refractivity contribution in [2.45, 2.75) is 36.5 Å². The summed E-state index contributed by atoms with van der Waals surface area (Å²) in [6, 6.07) is 10.8. The first-order chi connectivity index (χ1) is 11.5. The highest BCUT2D eigenvalue weighted by Crippen LogP contribution is 2.33. The molecule has 0 aliphatic heterocycles. The minimum absolute atomic E-state index is 0.420. The molecule has 0 bridgehead atoms. The zero-order valence-corrected chi connectivity index (χ0v) is 17.6. The van der Waals surface area contributed by atoms with Gasteiger partial charge in [0.1, 0.15) is 17.0 Å². The summed E-state index contributed by atoms with van der Waals surface area (Å²) in [6.45, 7) is 7.09. The Morgan fingerprint density at radius 2 is 1.56 bits per heavy atom. The highest BCUT2D eigenvalue weighted by Gasteiger charge is 2.29. The maximum absolute atomic E-state index is 12.1. The van der Waals surface area contributed by atoms with E-state index in [4.69, 9.17) is 9.47 Å². The van der Waals surface area contributed by atoms with E-state index in [-0.39, 0.29) is 0 Å². The molecule has 0 radical (unpaired) electrons. The molecule has 0 saturated heterocycles. The van der Waals surface area contributed by atoms with Crippen LogP contribution in [0, 0.1) is 0 Å². The molecule has 2 rings (SSSR count). The van der Waals surface area contributed by atoms with Crippen molar-refractivity contribution in [3.05, 3.63) is 36.4 Å². The number of nitrogens with two attached hydrogens (primary N) is 1. The summed E-state index contributed by atoms with van der Waals surface area (Å²) >= 11 is 6.43. The molecule has 0 unspecified atom stereocenters. The first kappa shape index (κ1) is 19.9. The zero-order valence-electron chi connectivity index (χ0n) is 14.4. The number of ether oxygens (including phenoxy) is 2. The number of benzene rings is 2. The van der Waals surface area contributed by atoms with Gasteiger partial charge in [-0.1, -0.05) is 50.1 Å². The maximum Gasteiger partial charge on any atom is 0.518 e. The molecular weight excluding hydrogens is 454 g/mol. The molecule has 2 aromatic rings. The quantitative estimate of drug-likeness (QED) is 0.311. The first-order valence-electron chi connectivity index (χ1n) is 7.67. The number of esters is 1. The molecule has 25 heavy (non-hydrogen) atoms. The van der Waals surface area contributed by atoms with Crippen LogP contribution >= 0.6 is 31.9 Å². The van der Waals surface area contributed by atoms with E-state index < -0.39 is 20.9 Å². The predicted octanol–water partition coefficient (Wildman–Crippen LogP) is 4.38. The van der Waals surface area contributed by atoms with Crippen LogP contribution in [-0.4, -0.2) is 20.9 Å². The third-order valence-electron chi connectivity index (χ3n) is 3.16. The molecule has 0 spiro atoms. The van der Waals surface area contributed by atoms with Crippen molar-refractivity contribution in [1.29, 1.82) is 0 Å². The number of primary amides is 1. The minimum atomic E-state index is -0.970. The SMILES string of the molecule is CC(C)(C)OC(=O)[NH2+]c1ccc(OC(=O)C(C)(Br)Br)c2ccccc12. The second-order valence-corrected chi connectivity index (χ2v) is 10.9. The van der Waals surface area contributed by atoms with Crippen LogP contribution in [0.4, 0.5) is 10.5 Å². The van der Waals surface area contributed by atoms with Crippen LogP contribution in [0.1, 0.15) is 27.7 Å². The Morgan fingerprint density at radius 1 is 0.960 bits per heavy atom. The normalized spacial score (nSPS) is 12.1. The van der Waals surface area contributed by atoms with Crippen LogP contribution in [0.2, 0.25) is 0 Å². The number of carbonyl (C=O) groups excluding carboxylic acids is 2. The van der Waals surface area contributed by atoms with Gasteiger partial charge in [0.15, 0.2) is 3.23 Å². The van der Waals surface area contributed by atoms with Gasteiger partial charge in [-0.3, -0.25) is 0 Å². The van der Waals surface area contributed by atoms with Crippen LogP contribution in [0.3, 0.4) is 0 Å². The monoisotopic (exact) mass is 472 g/mol. The summed E-state index contributed by atoms with van der Waals surface area (Å²) in [5.74, 6) is -0.0476. The summed E-state index contributed by atoms with van der Waals surface area (Å²) in [5, 5.41) is 2.97. The number of hydrogen-bond acceptors (Lipinski definition) is 4. The number of alkyl halides is 2. The first-order valence-corrected chi connectivity index (χ1v) is 9.25. The largest absolute Gasteiger partial charge is 0.518 e. The lowest BCUT2D eigenvalue weighted by atomic mass is 10.1. The molecule has 5 nitrogen and oxygen atoms in total. The summed E-state index contributed by atoms with van der Waals surface area (Å²) in [6.07, 6.45) is -0.420. The third-order valence-corrected chi connectivity index (χ3v) is 3.81. The van der Waals surface area contributed by atoms with E-state index in [9.17, 15) is 9.59 Å². The van der Waals surface area contributed by atoms with Crippen molar-refractivity contribution in [2.75, 3.05) is 0 Å². The van der Waals surface area contributed by atoms with E-state index in [1.807, 2.05) is 45.0 Å². The average Bonchev–Trinajstić information content (AvgIpc) is 2.46. The Hall–Kier alpha value is -1.44. The number of amides is 1. The van der Waals surface area contributed by atoms with Crippen LogP contribution < -0.4 is 10.1 Å². The third kappa shape index (κ3) is 5.52. The smallest absolute Gasteiger partial charge is 0.424 e. The van der Waals surface area contributed by atoms with Gasteiger partial charge in [0.05, 0.1) is 0 Å². The number of halogens is 2. The van der Waals surface area contributed by atoms with E-state index in [1.54, 1.807) is 19.1 Å².